The van der Waals surface area contributed by atoms with Crippen molar-refractivity contribution in [3.05, 3.63) is 26.8 Å². The summed E-state index contributed by atoms with van der Waals surface area (Å²) in [7, 11) is 0. The fourth-order valence-electron chi connectivity index (χ4n) is 2.44. The summed E-state index contributed by atoms with van der Waals surface area (Å²) in [5, 5.41) is 0. The van der Waals surface area contributed by atoms with E-state index in [0.717, 1.165) is 38.3 Å². The minimum absolute atomic E-state index is 0.0680. The summed E-state index contributed by atoms with van der Waals surface area (Å²) < 4.78 is 7.74. The normalized spacial score (nSPS) is 21.2. The van der Waals surface area contributed by atoms with Crippen LogP contribution in [0.5, 0.6) is 0 Å². The van der Waals surface area contributed by atoms with Gasteiger partial charge in [-0.1, -0.05) is 0 Å². The molecule has 0 N–H and O–H groups in total. The van der Waals surface area contributed by atoms with E-state index in [9.17, 15) is 4.79 Å². The van der Waals surface area contributed by atoms with Gasteiger partial charge in [0, 0.05) is 25.7 Å². The molecule has 2 aliphatic rings. The minimum Gasteiger partial charge on any atom is -0.381 e. The van der Waals surface area contributed by atoms with Gasteiger partial charge in [0.25, 0.3) is 5.56 Å². The van der Waals surface area contributed by atoms with Crippen LogP contribution in [0.2, 0.25) is 0 Å². The quantitative estimate of drug-likeness (QED) is 0.860. The molecule has 2 heterocycles. The first kappa shape index (κ1) is 12.4. The molecule has 0 unspecified atom stereocenters. The van der Waals surface area contributed by atoms with Crippen molar-refractivity contribution in [1.82, 2.24) is 9.55 Å². The van der Waals surface area contributed by atoms with Crippen molar-refractivity contribution in [3.8, 4) is 0 Å². The highest BCUT2D eigenvalue weighted by atomic mass is 79.9. The van der Waals surface area contributed by atoms with Crippen LogP contribution < -0.4 is 5.56 Å². The number of hydrogen-bond donors (Lipinski definition) is 0. The van der Waals surface area contributed by atoms with Gasteiger partial charge in [-0.25, -0.2) is 4.98 Å². The van der Waals surface area contributed by atoms with Gasteiger partial charge in [0.05, 0.1) is 12.0 Å². The lowest BCUT2D eigenvalue weighted by Gasteiger charge is -2.22. The Bertz CT molecular complexity index is 490. The van der Waals surface area contributed by atoms with Crippen LogP contribution in [0.3, 0.4) is 0 Å². The molecule has 0 aromatic carbocycles. The van der Waals surface area contributed by atoms with Crippen LogP contribution in [-0.2, 0) is 11.3 Å². The molecule has 2 fully saturated rings. The van der Waals surface area contributed by atoms with Crippen LogP contribution in [0, 0.1) is 5.92 Å². The van der Waals surface area contributed by atoms with Crippen LogP contribution in [0.25, 0.3) is 0 Å². The van der Waals surface area contributed by atoms with E-state index in [-0.39, 0.29) is 5.56 Å². The largest absolute Gasteiger partial charge is 0.381 e. The number of halogens is 1. The molecular weight excluding hydrogens is 296 g/mol. The Balaban J connectivity index is 1.86. The average Bonchev–Trinajstić information content (AvgIpc) is 3.20. The highest BCUT2D eigenvalue weighted by molar-refractivity contribution is 9.10. The zero-order valence-electron chi connectivity index (χ0n) is 10.3. The van der Waals surface area contributed by atoms with E-state index in [0.29, 0.717) is 16.3 Å². The van der Waals surface area contributed by atoms with Gasteiger partial charge in [-0.15, -0.1) is 0 Å². The lowest BCUT2D eigenvalue weighted by Crippen LogP contribution is -2.26. The third-order valence-electron chi connectivity index (χ3n) is 3.77. The van der Waals surface area contributed by atoms with Crippen LogP contribution >= 0.6 is 15.9 Å². The predicted octanol–water partition coefficient (Wildman–Crippen LogP) is 2.31. The van der Waals surface area contributed by atoms with E-state index in [1.165, 1.54) is 12.8 Å². The average molecular weight is 313 g/mol. The molecule has 0 amide bonds. The summed E-state index contributed by atoms with van der Waals surface area (Å²) in [6, 6.07) is 0. The minimum atomic E-state index is 0.0680. The molecule has 1 aliphatic heterocycles. The van der Waals surface area contributed by atoms with Crippen LogP contribution in [0.1, 0.15) is 37.3 Å². The van der Waals surface area contributed by atoms with Crippen molar-refractivity contribution < 1.29 is 4.74 Å². The standard InChI is InChI=1S/C13H17BrN2O2/c14-11-12(10-3-5-18-6-4-10)15-8-16(13(11)17)7-9-1-2-9/h8-10H,1-7H2. The molecule has 1 saturated heterocycles. The molecule has 0 radical (unpaired) electrons. The fourth-order valence-corrected chi connectivity index (χ4v) is 3.09. The van der Waals surface area contributed by atoms with Crippen molar-refractivity contribution in [3.63, 3.8) is 0 Å². The maximum absolute atomic E-state index is 12.2. The van der Waals surface area contributed by atoms with E-state index >= 15 is 0 Å². The Labute approximate surface area is 114 Å². The first-order valence-corrected chi connectivity index (χ1v) is 7.37. The lowest BCUT2D eigenvalue weighted by atomic mass is 9.96. The number of rotatable bonds is 3. The first-order chi connectivity index (χ1) is 8.75. The van der Waals surface area contributed by atoms with Crippen molar-refractivity contribution in [1.29, 1.82) is 0 Å². The van der Waals surface area contributed by atoms with Crippen LogP contribution in [-0.4, -0.2) is 22.8 Å². The molecule has 18 heavy (non-hydrogen) atoms. The first-order valence-electron chi connectivity index (χ1n) is 6.58. The molecule has 1 aromatic heterocycles. The summed E-state index contributed by atoms with van der Waals surface area (Å²) in [4.78, 5) is 16.7. The molecule has 0 spiro atoms. The number of ether oxygens (including phenoxy) is 1. The highest BCUT2D eigenvalue weighted by Crippen LogP contribution is 2.31. The summed E-state index contributed by atoms with van der Waals surface area (Å²) >= 11 is 3.44. The Hall–Kier alpha value is -0.680. The van der Waals surface area contributed by atoms with Crippen LogP contribution in [0.4, 0.5) is 0 Å². The molecule has 0 bridgehead atoms. The maximum atomic E-state index is 12.2. The second-order valence-electron chi connectivity index (χ2n) is 5.23. The molecule has 1 aliphatic carbocycles. The molecule has 1 saturated carbocycles. The Morgan fingerprint density at radius 1 is 1.33 bits per heavy atom. The smallest absolute Gasteiger partial charge is 0.267 e. The number of aromatic nitrogens is 2. The molecule has 1 aromatic rings. The van der Waals surface area contributed by atoms with Gasteiger partial charge in [-0.05, 0) is 47.5 Å². The van der Waals surface area contributed by atoms with Gasteiger partial charge < -0.3 is 4.74 Å². The van der Waals surface area contributed by atoms with E-state index in [4.69, 9.17) is 4.74 Å². The van der Waals surface area contributed by atoms with E-state index in [1.807, 2.05) is 0 Å². The zero-order valence-corrected chi connectivity index (χ0v) is 11.9. The second kappa shape index (κ2) is 5.13. The Kier molecular flexibility index (Phi) is 3.52. The second-order valence-corrected chi connectivity index (χ2v) is 6.02. The molecular formula is C13H17BrN2O2. The van der Waals surface area contributed by atoms with E-state index in [1.54, 1.807) is 10.9 Å². The van der Waals surface area contributed by atoms with Gasteiger partial charge >= 0.3 is 0 Å². The van der Waals surface area contributed by atoms with Crippen molar-refractivity contribution >= 4 is 15.9 Å². The number of nitrogens with zero attached hydrogens (tertiary/aromatic N) is 2. The fraction of sp³-hybridized carbons (Fsp3) is 0.692. The summed E-state index contributed by atoms with van der Waals surface area (Å²) in [5.74, 6) is 1.04. The summed E-state index contributed by atoms with van der Waals surface area (Å²) in [5.41, 5.74) is 0.980. The third kappa shape index (κ3) is 2.52. The third-order valence-corrected chi connectivity index (χ3v) is 4.51. The molecule has 5 heteroatoms. The van der Waals surface area contributed by atoms with E-state index in [2.05, 4.69) is 20.9 Å². The Morgan fingerprint density at radius 3 is 2.72 bits per heavy atom. The summed E-state index contributed by atoms with van der Waals surface area (Å²) in [6.07, 6.45) is 6.11. The predicted molar refractivity (Wildman–Crippen MR) is 71.7 cm³/mol. The molecule has 0 atom stereocenters. The van der Waals surface area contributed by atoms with Gasteiger partial charge in [-0.3, -0.25) is 9.36 Å². The maximum Gasteiger partial charge on any atom is 0.267 e. The van der Waals surface area contributed by atoms with Crippen molar-refractivity contribution in [2.75, 3.05) is 13.2 Å². The number of hydrogen-bond acceptors (Lipinski definition) is 3. The Morgan fingerprint density at radius 2 is 2.06 bits per heavy atom. The molecule has 3 rings (SSSR count). The monoisotopic (exact) mass is 312 g/mol. The van der Waals surface area contributed by atoms with Gasteiger partial charge in [0.1, 0.15) is 4.47 Å². The highest BCUT2D eigenvalue weighted by Gasteiger charge is 2.25. The van der Waals surface area contributed by atoms with Gasteiger partial charge in [-0.2, -0.15) is 0 Å². The zero-order chi connectivity index (χ0) is 12.5. The van der Waals surface area contributed by atoms with Crippen molar-refractivity contribution in [2.24, 2.45) is 5.92 Å². The molecule has 98 valence electrons. The summed E-state index contributed by atoms with van der Waals surface area (Å²) in [6.45, 7) is 2.35. The molecule has 4 nitrogen and oxygen atoms in total. The lowest BCUT2D eigenvalue weighted by molar-refractivity contribution is 0.0842. The van der Waals surface area contributed by atoms with Crippen molar-refractivity contribution in [2.45, 2.75) is 38.1 Å². The van der Waals surface area contributed by atoms with Gasteiger partial charge in [0.2, 0.25) is 0 Å². The van der Waals surface area contributed by atoms with E-state index < -0.39 is 0 Å². The SMILES string of the molecule is O=c1c(Br)c(C2CCOCC2)ncn1CC1CC1. The van der Waals surface area contributed by atoms with Gasteiger partial charge in [0.15, 0.2) is 0 Å². The topological polar surface area (TPSA) is 44.1 Å². The van der Waals surface area contributed by atoms with Crippen LogP contribution in [0.15, 0.2) is 15.6 Å².